The number of likely N-dealkylation sites (tertiary alicyclic amines) is 2. The molecule has 0 aromatic heterocycles. The predicted octanol–water partition coefficient (Wildman–Crippen LogP) is 24.0. The number of nitrogens with zero attached hydrogens (tertiary/aromatic N) is 4. The molecule has 0 amide bonds. The van der Waals surface area contributed by atoms with Crippen LogP contribution in [0.5, 0.6) is 0 Å². The molecular weight excluding hydrogens is 2020 g/mol. The van der Waals surface area contributed by atoms with Gasteiger partial charge in [0.05, 0.1) is 27.7 Å². The second-order valence-electron chi connectivity index (χ2n) is 56.0. The van der Waals surface area contributed by atoms with E-state index in [0.717, 1.165) is 163 Å². The van der Waals surface area contributed by atoms with Crippen LogP contribution in [0.4, 0.5) is 32.0 Å². The van der Waals surface area contributed by atoms with E-state index in [1.165, 1.54) is 203 Å². The minimum Gasteiger partial charge on any atom is -0.315 e. The lowest BCUT2D eigenvalue weighted by Gasteiger charge is -2.72. The first-order valence-electron chi connectivity index (χ1n) is 57.5. The van der Waals surface area contributed by atoms with E-state index in [-0.39, 0.29) is 50.2 Å². The van der Waals surface area contributed by atoms with Crippen LogP contribution in [-0.2, 0) is 59.1 Å². The van der Waals surface area contributed by atoms with E-state index in [0.29, 0.717) is 150 Å². The van der Waals surface area contributed by atoms with Crippen molar-refractivity contribution in [3.8, 4) is 0 Å². The molecule has 19 nitrogen and oxygen atoms in total. The van der Waals surface area contributed by atoms with Gasteiger partial charge in [0.25, 0.3) is 0 Å². The maximum atomic E-state index is 13.1. The van der Waals surface area contributed by atoms with Gasteiger partial charge in [0.15, 0.2) is 9.84 Å². The molecule has 149 heavy (non-hydrogen) atoms. The summed E-state index contributed by atoms with van der Waals surface area (Å²) in [5.74, 6) is 12.3. The van der Waals surface area contributed by atoms with Crippen LogP contribution < -0.4 is 19.7 Å². The average molecular weight is 2210 g/mol. The van der Waals surface area contributed by atoms with Crippen molar-refractivity contribution in [3.63, 3.8) is 0 Å². The summed E-state index contributed by atoms with van der Waals surface area (Å²) in [5, 5.41) is 11.2. The monoisotopic (exact) mass is 2210 g/mol. The van der Waals surface area contributed by atoms with Gasteiger partial charge >= 0.3 is 31.1 Å². The van der Waals surface area contributed by atoms with Gasteiger partial charge in [-0.15, -0.1) is 16.1 Å². The number of halogens is 7. The Morgan fingerprint density at radius 3 is 1.12 bits per heavy atom. The van der Waals surface area contributed by atoms with Crippen molar-refractivity contribution in [1.82, 2.24) is 30.7 Å². The number of sulfonamides is 2. The molecular formula is C118H190ClF6N7O12S5. The van der Waals surface area contributed by atoms with Gasteiger partial charge in [-0.1, -0.05) is 170 Å². The minimum atomic E-state index is -6.81. The van der Waals surface area contributed by atoms with Crippen LogP contribution in [0.3, 0.4) is 0 Å². The van der Waals surface area contributed by atoms with Gasteiger partial charge in [-0.25, -0.2) is 25.3 Å². The number of benzene rings is 1. The van der Waals surface area contributed by atoms with Gasteiger partial charge < -0.3 is 25.8 Å². The lowest BCUT2D eigenvalue weighted by Crippen LogP contribution is -2.68. The first-order valence-corrected chi connectivity index (χ1v) is 66.1. The zero-order valence-corrected chi connectivity index (χ0v) is 99.4. The Labute approximate surface area is 901 Å². The third-order valence-corrected chi connectivity index (χ3v) is 57.6. The molecule has 0 bridgehead atoms. The number of fused-ring (bicyclic) bond motifs is 21. The highest BCUT2D eigenvalue weighted by atomic mass is 35.5. The maximum absolute atomic E-state index is 13.1. The molecule has 1 aromatic rings. The first kappa shape index (κ1) is 120. The van der Waals surface area contributed by atoms with E-state index in [1.54, 1.807) is 5.57 Å². The molecule has 19 aliphatic rings. The van der Waals surface area contributed by atoms with Crippen molar-refractivity contribution in [2.75, 3.05) is 106 Å². The molecule has 0 spiro atoms. The standard InChI is InChI=1S/C38H64N2O2S.C37H62N2O3S.C31H49NO.C8H5F6NO4S2.C4H9NO2S.ClH/c1-26(2)29-13-19-38(39-22-25-40-23-15-28(16-24-40)43(9,41)42)21-20-36(7)30(33(29)38)10-11-32-35(6)17-12-27(3)34(4,5)31(35)14-18-37(32,36)8;1-25(2)27-11-18-37(38-21-24-39-22-14-26(15-23-39)43(8,41)42)20-19-35(6)28(32(27)37)9-10-30-34(5)16-13-31(40)33(3,4)29(34)12-17-36(30,35)7;1-20(2)21-10-15-31(32-18-19-32)17-16-29(6)22(26(21)31)8-9-24-28(5)13-12-25(33)27(3,4)23(28)11-14-30(24,29)7;9-7(10,11)20(16,17)15(6-4-2-1-3-5-6)21(18,19)8(12,13)14;6-8(7)3-1-5-2-4-8;/h12,28-33,39H,1,10-11,13-25H2,2-9H3;26-30,32,38H,1,9-24H2,2-8H3;21-24,26H,1,8-19H2,2-7H3;1-5H;5H,1-4H2;1H/t29-,30+,31-,32+,33+,35-,36+,37+,38-;27-,28+,29-,30+,32+,34-,35+,36+,37-;21-,22+,23-,24+,26+,28-,29+,30+,31-;;;/m000.../s1. The zero-order valence-electron chi connectivity index (χ0n) is 94.5. The highest BCUT2D eigenvalue weighted by Gasteiger charge is 2.77. The SMILES string of the molecule is C=C(C)[C@@H]1CC[C@]2(N3CC3)CC[C@]3(C)[C@H](CC[C@@H]4[C@@]5(C)CCC(=O)C(C)(C)[C@@H]5CC[C@]43C)[C@@H]12.C=C(C)[C@@H]1CC[C@]2(NCCN3CCC(S(C)(=O)=O)CC3)CC[C@]3(C)[C@H](CC[C@@H]4[C@@]5(C)CC=C(C)C(C)(C)[C@@H]5CC[C@]43C)[C@@H]12.C=C(C)[C@@H]1CC[C@]2(NCCN3CCC(S(C)(=O)=O)CC3)CC[C@]3(C)[C@H](CC[C@@H]4[C@@]5(C)CCC(=O)C(C)(C)[C@@H]5CC[C@]43C)[C@@H]12.Cl.O=S(=O)(N(c1ccccc1)S(=O)(=O)C(F)(F)F)C(F)(F)F.O=S1(=O)CCNCC1. The number of carbonyl (C=O) groups is 2. The van der Waals surface area contributed by atoms with E-state index in [4.69, 9.17) is 0 Å². The van der Waals surface area contributed by atoms with Gasteiger partial charge in [-0.2, -0.15) is 43.2 Å². The summed E-state index contributed by atoms with van der Waals surface area (Å²) in [7, 11) is -22.1. The van der Waals surface area contributed by atoms with Crippen molar-refractivity contribution in [1.29, 1.82) is 0 Å². The number of para-hydroxylation sites is 1. The number of hydrogen-bond donors (Lipinski definition) is 3. The normalized spacial score (nSPS) is 42.7. The molecule has 3 N–H and O–H groups in total. The van der Waals surface area contributed by atoms with E-state index in [2.05, 4.69) is 188 Å². The first-order chi connectivity index (χ1) is 68.3. The Kier molecular flexibility index (Phi) is 33.2. The highest BCUT2D eigenvalue weighted by Crippen LogP contribution is 2.82. The number of piperidine rings is 2. The number of anilines is 1. The number of Topliss-reactive ketones (excluding diaryl/α,β-unsaturated/α-hetero) is 2. The fourth-order valence-electron chi connectivity index (χ4n) is 40.3. The molecule has 4 saturated heterocycles. The van der Waals surface area contributed by atoms with Crippen molar-refractivity contribution < 1.29 is 78.0 Å². The Bertz CT molecular complexity index is 5730. The van der Waals surface area contributed by atoms with Gasteiger partial charge in [0.1, 0.15) is 31.2 Å². The molecule has 1 aromatic carbocycles. The van der Waals surface area contributed by atoms with Crippen molar-refractivity contribution in [2.24, 2.45) is 154 Å². The van der Waals surface area contributed by atoms with Gasteiger partial charge in [-0.3, -0.25) is 14.5 Å². The second-order valence-corrected chi connectivity index (χ2v) is 66.7. The molecule has 848 valence electrons. The van der Waals surface area contributed by atoms with Crippen LogP contribution in [0, 0.1) is 154 Å². The molecule has 0 unspecified atom stereocenters. The molecule has 31 heteroatoms. The van der Waals surface area contributed by atoms with Crippen LogP contribution in [0.1, 0.15) is 343 Å². The molecule has 15 aliphatic carbocycles. The number of allylic oxidation sites excluding steroid dienone is 5. The van der Waals surface area contributed by atoms with E-state index in [9.17, 15) is 78.0 Å². The summed E-state index contributed by atoms with van der Waals surface area (Å²) in [6.45, 7) is 73.1. The molecule has 4 heterocycles. The van der Waals surface area contributed by atoms with Crippen LogP contribution in [0.2, 0.25) is 0 Å². The molecule has 14 saturated carbocycles. The molecule has 18 fully saturated rings. The maximum Gasteiger partial charge on any atom is 0.517 e. The highest BCUT2D eigenvalue weighted by molar-refractivity contribution is 8.11. The summed E-state index contributed by atoms with van der Waals surface area (Å²) >= 11 is 0. The lowest BCUT2D eigenvalue weighted by molar-refractivity contribution is -0.231. The van der Waals surface area contributed by atoms with Crippen LogP contribution >= 0.6 is 12.4 Å². The number of sulfone groups is 3. The van der Waals surface area contributed by atoms with E-state index in [1.807, 2.05) is 0 Å². The Morgan fingerprint density at radius 2 is 0.772 bits per heavy atom. The fourth-order valence-corrected chi connectivity index (χ4v) is 46.2. The predicted molar refractivity (Wildman–Crippen MR) is 591 cm³/mol. The number of alkyl halides is 6. The fraction of sp³-hybridized carbons (Fsp3) is 0.864. The van der Waals surface area contributed by atoms with Crippen molar-refractivity contribution in [2.45, 2.75) is 382 Å². The van der Waals surface area contributed by atoms with Crippen LogP contribution in [-0.4, -0.2) is 209 Å². The van der Waals surface area contributed by atoms with E-state index < -0.39 is 70.0 Å². The zero-order chi connectivity index (χ0) is 109. The Balaban J connectivity index is 0.000000148. The second kappa shape index (κ2) is 41.4. The quantitative estimate of drug-likeness (QED) is 0.0744. The smallest absolute Gasteiger partial charge is 0.315 e. The molecule has 27 atom stereocenters. The van der Waals surface area contributed by atoms with Crippen molar-refractivity contribution >= 4 is 79.2 Å². The number of nitrogens with one attached hydrogen (secondary N) is 3. The number of carbonyl (C=O) groups excluding carboxylic acids is 2. The Morgan fingerprint density at radius 1 is 0.423 bits per heavy atom. The summed E-state index contributed by atoms with van der Waals surface area (Å²) in [6, 6.07) is 3.85. The Hall–Kier alpha value is -3.30. The number of hydrogen-bond acceptors (Lipinski definition) is 18. The molecule has 20 rings (SSSR count). The van der Waals surface area contributed by atoms with E-state index >= 15 is 0 Å². The third kappa shape index (κ3) is 20.1. The van der Waals surface area contributed by atoms with Gasteiger partial charge in [0, 0.05) is 105 Å². The third-order valence-electron chi connectivity index (χ3n) is 49.0. The van der Waals surface area contributed by atoms with Crippen molar-refractivity contribution in [3.05, 3.63) is 78.4 Å². The summed E-state index contributed by atoms with van der Waals surface area (Å²) < 4.78 is 187. The topological polar surface area (TPSA) is 254 Å². The van der Waals surface area contributed by atoms with Gasteiger partial charge in [-0.05, 0) is 408 Å². The average Bonchev–Trinajstić information content (AvgIpc) is 1.08. The minimum absolute atomic E-state index is 0. The summed E-state index contributed by atoms with van der Waals surface area (Å²) in [6.07, 6.45) is 45.7. The lowest BCUT2D eigenvalue weighted by atomic mass is 9.32. The number of rotatable bonds is 17. The summed E-state index contributed by atoms with van der Waals surface area (Å²) in [5.41, 5.74) is -3.74. The van der Waals surface area contributed by atoms with Crippen LogP contribution in [0.25, 0.3) is 0 Å². The van der Waals surface area contributed by atoms with Crippen LogP contribution in [0.15, 0.2) is 78.4 Å². The number of ketones is 2. The summed E-state index contributed by atoms with van der Waals surface area (Å²) in [4.78, 5) is 33.9. The molecule has 0 radical (unpaired) electrons. The molecule has 4 aliphatic heterocycles. The largest absolute Gasteiger partial charge is 0.517 e. The van der Waals surface area contributed by atoms with Gasteiger partial charge in [0.2, 0.25) is 0 Å².